The molecule has 3 aromatic carbocycles. The summed E-state index contributed by atoms with van der Waals surface area (Å²) in [6.45, 7) is 4.50. The van der Waals surface area contributed by atoms with Crippen LogP contribution < -0.4 is 4.74 Å². The number of rotatable bonds is 4. The summed E-state index contributed by atoms with van der Waals surface area (Å²) >= 11 is 1.67. The summed E-state index contributed by atoms with van der Waals surface area (Å²) in [6, 6.07) is 14.9. The van der Waals surface area contributed by atoms with Gasteiger partial charge in [-0.1, -0.05) is 38.1 Å². The van der Waals surface area contributed by atoms with Gasteiger partial charge in [0.25, 0.3) is 0 Å². The Hall–Kier alpha value is -2.13. The van der Waals surface area contributed by atoms with E-state index in [1.165, 1.54) is 22.3 Å². The maximum atomic E-state index is 10.9. The molecule has 1 aliphatic rings. The van der Waals surface area contributed by atoms with E-state index in [-0.39, 0.29) is 5.41 Å². The molecule has 2 nitrogen and oxygen atoms in total. The van der Waals surface area contributed by atoms with Crippen molar-refractivity contribution in [3.05, 3.63) is 53.6 Å². The Morgan fingerprint density at radius 3 is 2.38 bits per heavy atom. The van der Waals surface area contributed by atoms with Crippen LogP contribution in [0.3, 0.4) is 0 Å². The molecule has 1 aliphatic carbocycles. The Morgan fingerprint density at radius 1 is 1.00 bits per heavy atom. The first-order valence-electron chi connectivity index (χ1n) is 9.13. The molecule has 0 bridgehead atoms. The van der Waals surface area contributed by atoms with E-state index in [0.717, 1.165) is 34.3 Å². The molecule has 0 fully saturated rings. The Balaban J connectivity index is 2.18. The van der Waals surface area contributed by atoms with Crippen LogP contribution in [0.15, 0.2) is 47.4 Å². The molecule has 0 saturated heterocycles. The van der Waals surface area contributed by atoms with Crippen LogP contribution in [-0.2, 0) is 5.41 Å². The predicted molar refractivity (Wildman–Crippen MR) is 111 cm³/mol. The second kappa shape index (κ2) is 6.24. The lowest BCUT2D eigenvalue weighted by molar-refractivity contribution is 0.405. The third-order valence-electron chi connectivity index (χ3n) is 6.05. The zero-order valence-corrected chi connectivity index (χ0v) is 16.5. The van der Waals surface area contributed by atoms with Gasteiger partial charge in [-0.2, -0.15) is 0 Å². The van der Waals surface area contributed by atoms with Gasteiger partial charge in [0.1, 0.15) is 11.5 Å². The predicted octanol–water partition coefficient (Wildman–Crippen LogP) is 6.36. The van der Waals surface area contributed by atoms with E-state index in [1.807, 2.05) is 12.1 Å². The van der Waals surface area contributed by atoms with E-state index < -0.39 is 0 Å². The van der Waals surface area contributed by atoms with Crippen molar-refractivity contribution in [1.29, 1.82) is 0 Å². The molecular weight excluding hydrogens is 340 g/mol. The molecule has 0 aromatic heterocycles. The van der Waals surface area contributed by atoms with Crippen molar-refractivity contribution in [2.24, 2.45) is 0 Å². The molecule has 0 heterocycles. The first kappa shape index (κ1) is 17.3. The maximum Gasteiger partial charge on any atom is 0.133 e. The van der Waals surface area contributed by atoms with Crippen molar-refractivity contribution >= 4 is 22.5 Å². The normalized spacial score (nSPS) is 14.3. The molecule has 4 rings (SSSR count). The third-order valence-corrected chi connectivity index (χ3v) is 6.81. The first-order valence-corrected chi connectivity index (χ1v) is 10.4. The monoisotopic (exact) mass is 364 g/mol. The standard InChI is InChI=1S/C23H24O2S/c1-5-23(6-2)17-10-8-7-9-14(17)22-16-12-21(26-4)20(25-3)11-15(16)19(24)13-18(22)23/h7-13,24H,5-6H2,1-4H3. The fourth-order valence-corrected chi connectivity index (χ4v) is 5.25. The highest BCUT2D eigenvalue weighted by Gasteiger charge is 2.41. The Kier molecular flexibility index (Phi) is 4.15. The Labute approximate surface area is 159 Å². The van der Waals surface area contributed by atoms with Crippen LogP contribution in [0.5, 0.6) is 11.5 Å². The smallest absolute Gasteiger partial charge is 0.133 e. The van der Waals surface area contributed by atoms with Crippen LogP contribution in [0.1, 0.15) is 37.8 Å². The fourth-order valence-electron chi connectivity index (χ4n) is 4.67. The lowest BCUT2D eigenvalue weighted by atomic mass is 9.73. The minimum absolute atomic E-state index is 0.0307. The van der Waals surface area contributed by atoms with Crippen LogP contribution in [0.25, 0.3) is 21.9 Å². The summed E-state index contributed by atoms with van der Waals surface area (Å²) in [6.07, 6.45) is 4.09. The minimum atomic E-state index is -0.0307. The minimum Gasteiger partial charge on any atom is -0.507 e. The first-order chi connectivity index (χ1) is 12.6. The van der Waals surface area contributed by atoms with Crippen molar-refractivity contribution in [2.45, 2.75) is 37.0 Å². The van der Waals surface area contributed by atoms with Crippen LogP contribution >= 0.6 is 11.8 Å². The van der Waals surface area contributed by atoms with Crippen molar-refractivity contribution in [2.75, 3.05) is 13.4 Å². The molecule has 3 aromatic rings. The maximum absolute atomic E-state index is 10.9. The topological polar surface area (TPSA) is 29.5 Å². The lowest BCUT2D eigenvalue weighted by Gasteiger charge is -2.29. The molecule has 0 spiro atoms. The van der Waals surface area contributed by atoms with Gasteiger partial charge in [0, 0.05) is 15.7 Å². The zero-order valence-electron chi connectivity index (χ0n) is 15.7. The van der Waals surface area contributed by atoms with Crippen molar-refractivity contribution in [3.8, 4) is 22.6 Å². The van der Waals surface area contributed by atoms with E-state index in [0.29, 0.717) is 5.75 Å². The highest BCUT2D eigenvalue weighted by Crippen LogP contribution is 2.56. The van der Waals surface area contributed by atoms with Crippen molar-refractivity contribution in [3.63, 3.8) is 0 Å². The van der Waals surface area contributed by atoms with Gasteiger partial charge in [-0.05, 0) is 64.9 Å². The van der Waals surface area contributed by atoms with E-state index in [2.05, 4.69) is 50.4 Å². The molecule has 0 radical (unpaired) electrons. The number of fused-ring (bicyclic) bond motifs is 5. The molecule has 26 heavy (non-hydrogen) atoms. The number of phenolic OH excluding ortho intramolecular Hbond substituents is 1. The van der Waals surface area contributed by atoms with E-state index in [9.17, 15) is 5.11 Å². The van der Waals surface area contributed by atoms with Gasteiger partial charge < -0.3 is 9.84 Å². The summed E-state index contributed by atoms with van der Waals surface area (Å²) in [5.74, 6) is 1.15. The van der Waals surface area contributed by atoms with Gasteiger partial charge in [-0.25, -0.2) is 0 Å². The molecule has 0 saturated carbocycles. The molecular formula is C23H24O2S. The quantitative estimate of drug-likeness (QED) is 0.546. The summed E-state index contributed by atoms with van der Waals surface area (Å²) < 4.78 is 5.54. The van der Waals surface area contributed by atoms with Gasteiger partial charge in [0.15, 0.2) is 0 Å². The van der Waals surface area contributed by atoms with Gasteiger partial charge >= 0.3 is 0 Å². The summed E-state index contributed by atoms with van der Waals surface area (Å²) in [7, 11) is 1.68. The highest BCUT2D eigenvalue weighted by molar-refractivity contribution is 7.98. The van der Waals surface area contributed by atoms with Gasteiger partial charge in [0.05, 0.1) is 7.11 Å². The number of hydrogen-bond donors (Lipinski definition) is 1. The summed E-state index contributed by atoms with van der Waals surface area (Å²) in [5.41, 5.74) is 5.18. The average molecular weight is 365 g/mol. The molecule has 0 aliphatic heterocycles. The summed E-state index contributed by atoms with van der Waals surface area (Å²) in [4.78, 5) is 1.09. The lowest BCUT2D eigenvalue weighted by Crippen LogP contribution is -2.22. The van der Waals surface area contributed by atoms with E-state index in [4.69, 9.17) is 4.74 Å². The highest BCUT2D eigenvalue weighted by atomic mass is 32.2. The Morgan fingerprint density at radius 2 is 1.73 bits per heavy atom. The van der Waals surface area contributed by atoms with Gasteiger partial charge in [-0.15, -0.1) is 11.8 Å². The largest absolute Gasteiger partial charge is 0.507 e. The van der Waals surface area contributed by atoms with E-state index in [1.54, 1.807) is 18.9 Å². The fraction of sp³-hybridized carbons (Fsp3) is 0.304. The Bertz CT molecular complexity index is 1000. The second-order valence-electron chi connectivity index (χ2n) is 6.91. The number of ether oxygens (including phenoxy) is 1. The summed E-state index contributed by atoms with van der Waals surface area (Å²) in [5, 5.41) is 12.8. The number of benzene rings is 3. The van der Waals surface area contributed by atoms with Crippen molar-refractivity contribution in [1.82, 2.24) is 0 Å². The van der Waals surface area contributed by atoms with Crippen LogP contribution in [0.4, 0.5) is 0 Å². The molecule has 1 N–H and O–H groups in total. The molecule has 0 atom stereocenters. The van der Waals surface area contributed by atoms with Gasteiger partial charge in [-0.3, -0.25) is 0 Å². The second-order valence-corrected chi connectivity index (χ2v) is 7.75. The molecule has 134 valence electrons. The zero-order chi connectivity index (χ0) is 18.5. The molecule has 0 amide bonds. The number of aromatic hydroxyl groups is 1. The third kappa shape index (κ3) is 2.13. The van der Waals surface area contributed by atoms with Crippen LogP contribution in [0.2, 0.25) is 0 Å². The number of phenols is 1. The van der Waals surface area contributed by atoms with Crippen LogP contribution in [0, 0.1) is 0 Å². The average Bonchev–Trinajstić information content (AvgIpc) is 2.97. The number of methoxy groups -OCH3 is 1. The SMILES string of the molecule is CCC1(CC)c2ccccc2-c2c1cc(O)c1cc(OC)c(SC)cc21. The van der Waals surface area contributed by atoms with Gasteiger partial charge in [0.2, 0.25) is 0 Å². The van der Waals surface area contributed by atoms with Crippen LogP contribution in [-0.4, -0.2) is 18.5 Å². The number of thioether (sulfide) groups is 1. The van der Waals surface area contributed by atoms with Crippen molar-refractivity contribution < 1.29 is 9.84 Å². The van der Waals surface area contributed by atoms with E-state index >= 15 is 0 Å². The molecule has 0 unspecified atom stereocenters. The molecule has 3 heteroatoms. The number of hydrogen-bond acceptors (Lipinski definition) is 3.